The first-order valence-corrected chi connectivity index (χ1v) is 8.18. The first-order valence-electron chi connectivity index (χ1n) is 8.18. The summed E-state index contributed by atoms with van der Waals surface area (Å²) >= 11 is 0. The zero-order valence-corrected chi connectivity index (χ0v) is 14.9. The molecule has 1 amide bonds. The van der Waals surface area contributed by atoms with Crippen molar-refractivity contribution in [3.8, 4) is 17.4 Å². The van der Waals surface area contributed by atoms with E-state index >= 15 is 0 Å². The number of rotatable bonds is 6. The summed E-state index contributed by atoms with van der Waals surface area (Å²) in [6, 6.07) is 8.78. The van der Waals surface area contributed by atoms with Crippen LogP contribution in [-0.4, -0.2) is 38.3 Å². The second-order valence-electron chi connectivity index (χ2n) is 5.82. The summed E-state index contributed by atoms with van der Waals surface area (Å²) in [5.41, 5.74) is 7.82. The van der Waals surface area contributed by atoms with Gasteiger partial charge in [-0.2, -0.15) is 0 Å². The highest BCUT2D eigenvalue weighted by Crippen LogP contribution is 2.32. The molecule has 2 aromatic rings. The highest BCUT2D eigenvalue weighted by molar-refractivity contribution is 5.94. The van der Waals surface area contributed by atoms with Crippen molar-refractivity contribution in [2.45, 2.75) is 18.5 Å². The van der Waals surface area contributed by atoms with Crippen molar-refractivity contribution in [2.24, 2.45) is 0 Å². The molecule has 1 aliphatic rings. The van der Waals surface area contributed by atoms with Crippen LogP contribution in [-0.2, 0) is 4.79 Å². The Bertz CT molecular complexity index is 766. The normalized spacial score (nSPS) is 19.0. The van der Waals surface area contributed by atoms with E-state index < -0.39 is 0 Å². The topological polar surface area (TPSA) is 93.7 Å². The van der Waals surface area contributed by atoms with E-state index in [0.29, 0.717) is 29.5 Å². The molecule has 0 bridgehead atoms. The minimum atomic E-state index is -0.366. The number of nitrogens with one attached hydrogen (secondary N) is 3. The minimum Gasteiger partial charge on any atom is -0.493 e. The van der Waals surface area contributed by atoms with Gasteiger partial charge >= 0.3 is 0 Å². The number of benzene rings is 1. The summed E-state index contributed by atoms with van der Waals surface area (Å²) in [7, 11) is 4.74. The molecule has 8 nitrogen and oxygen atoms in total. The van der Waals surface area contributed by atoms with Crippen molar-refractivity contribution >= 4 is 11.6 Å². The number of carbonyl (C=O) groups excluding carboxylic acids is 1. The van der Waals surface area contributed by atoms with Crippen LogP contribution in [0.4, 0.5) is 5.69 Å². The Labute approximate surface area is 151 Å². The molecule has 1 saturated heterocycles. The molecule has 0 radical (unpaired) electrons. The lowest BCUT2D eigenvalue weighted by molar-refractivity contribution is -0.117. The average Bonchev–Trinajstić information content (AvgIpc) is 3.18. The Morgan fingerprint density at radius 2 is 1.88 bits per heavy atom. The Balaban J connectivity index is 1.63. The summed E-state index contributed by atoms with van der Waals surface area (Å²) in [5.74, 6) is 1.69. The molecular formula is C18H22N4O4. The van der Waals surface area contributed by atoms with Crippen LogP contribution in [0.5, 0.6) is 17.4 Å². The number of hydrazine groups is 1. The summed E-state index contributed by atoms with van der Waals surface area (Å²) in [6.07, 6.45) is 2.16. The summed E-state index contributed by atoms with van der Waals surface area (Å²) in [5, 5.41) is 2.84. The molecule has 2 unspecified atom stereocenters. The third-order valence-corrected chi connectivity index (χ3v) is 4.24. The fourth-order valence-corrected chi connectivity index (χ4v) is 2.82. The molecule has 1 aromatic heterocycles. The Morgan fingerprint density at radius 1 is 1.08 bits per heavy atom. The molecule has 3 rings (SSSR count). The van der Waals surface area contributed by atoms with Gasteiger partial charge in [-0.3, -0.25) is 4.79 Å². The number of nitrogens with zero attached hydrogens (tertiary/aromatic N) is 1. The van der Waals surface area contributed by atoms with Gasteiger partial charge in [-0.05, 0) is 30.2 Å². The van der Waals surface area contributed by atoms with Gasteiger partial charge in [0.15, 0.2) is 11.5 Å². The standard InChI is InChI=1S/C18H22N4O4/c1-24-15-6-4-11(8-16(15)25-2)13-9-14(22-21-13)18(23)20-12-5-7-17(26-3)19-10-12/h4-8,10,13-14,21-22H,9H2,1-3H3,(H,20,23). The SMILES string of the molecule is COc1ccc(NC(=O)C2CC(c3ccc(OC)c(OC)c3)NN2)cn1. The van der Waals surface area contributed by atoms with E-state index in [1.807, 2.05) is 18.2 Å². The highest BCUT2D eigenvalue weighted by Gasteiger charge is 2.30. The molecule has 8 heteroatoms. The number of hydrogen-bond donors (Lipinski definition) is 3. The van der Waals surface area contributed by atoms with Gasteiger partial charge in [0.2, 0.25) is 11.8 Å². The fraction of sp³-hybridized carbons (Fsp3) is 0.333. The van der Waals surface area contributed by atoms with Gasteiger partial charge in [-0.25, -0.2) is 15.8 Å². The molecule has 2 atom stereocenters. The Hall–Kier alpha value is -2.84. The number of aromatic nitrogens is 1. The fourth-order valence-electron chi connectivity index (χ4n) is 2.82. The van der Waals surface area contributed by atoms with Crippen LogP contribution in [0.2, 0.25) is 0 Å². The Morgan fingerprint density at radius 3 is 2.54 bits per heavy atom. The predicted molar refractivity (Wildman–Crippen MR) is 96.4 cm³/mol. The van der Waals surface area contributed by atoms with Crippen molar-refractivity contribution < 1.29 is 19.0 Å². The van der Waals surface area contributed by atoms with E-state index in [2.05, 4.69) is 21.2 Å². The minimum absolute atomic E-state index is 0.0143. The largest absolute Gasteiger partial charge is 0.493 e. The second kappa shape index (κ2) is 8.03. The maximum atomic E-state index is 12.5. The first-order chi connectivity index (χ1) is 12.6. The number of carbonyl (C=O) groups is 1. The van der Waals surface area contributed by atoms with Crippen LogP contribution in [0.1, 0.15) is 18.0 Å². The van der Waals surface area contributed by atoms with Gasteiger partial charge in [0.25, 0.3) is 0 Å². The average molecular weight is 358 g/mol. The van der Waals surface area contributed by atoms with E-state index in [0.717, 1.165) is 5.56 Å². The quantitative estimate of drug-likeness (QED) is 0.723. The molecule has 0 saturated carbocycles. The molecule has 1 fully saturated rings. The van der Waals surface area contributed by atoms with Gasteiger partial charge in [-0.15, -0.1) is 0 Å². The zero-order valence-electron chi connectivity index (χ0n) is 14.9. The molecule has 26 heavy (non-hydrogen) atoms. The first kappa shape index (κ1) is 18.0. The van der Waals surface area contributed by atoms with E-state index in [-0.39, 0.29) is 18.0 Å². The van der Waals surface area contributed by atoms with E-state index in [1.165, 1.54) is 0 Å². The lowest BCUT2D eigenvalue weighted by atomic mass is 10.0. The molecule has 1 aromatic carbocycles. The predicted octanol–water partition coefficient (Wildman–Crippen LogP) is 1.65. The number of methoxy groups -OCH3 is 3. The van der Waals surface area contributed by atoms with E-state index in [1.54, 1.807) is 39.7 Å². The van der Waals surface area contributed by atoms with Crippen LogP contribution in [0.15, 0.2) is 36.5 Å². The lowest BCUT2D eigenvalue weighted by Gasteiger charge is -2.13. The smallest absolute Gasteiger partial charge is 0.242 e. The van der Waals surface area contributed by atoms with Crippen LogP contribution >= 0.6 is 0 Å². The van der Waals surface area contributed by atoms with Crippen molar-refractivity contribution in [1.29, 1.82) is 0 Å². The van der Waals surface area contributed by atoms with Crippen LogP contribution < -0.4 is 30.4 Å². The van der Waals surface area contributed by atoms with Crippen LogP contribution in [0.3, 0.4) is 0 Å². The maximum absolute atomic E-state index is 12.5. The zero-order chi connectivity index (χ0) is 18.5. The molecular weight excluding hydrogens is 336 g/mol. The number of anilines is 1. The van der Waals surface area contributed by atoms with Gasteiger partial charge in [0.05, 0.1) is 33.2 Å². The second-order valence-corrected chi connectivity index (χ2v) is 5.82. The van der Waals surface area contributed by atoms with Crippen LogP contribution in [0.25, 0.3) is 0 Å². The van der Waals surface area contributed by atoms with Crippen molar-refractivity contribution in [1.82, 2.24) is 15.8 Å². The van der Waals surface area contributed by atoms with Crippen LogP contribution in [0, 0.1) is 0 Å². The number of pyridine rings is 1. The Kier molecular flexibility index (Phi) is 5.55. The third-order valence-electron chi connectivity index (χ3n) is 4.24. The molecule has 0 aliphatic carbocycles. The van der Waals surface area contributed by atoms with E-state index in [9.17, 15) is 4.79 Å². The number of hydrogen-bond acceptors (Lipinski definition) is 7. The monoisotopic (exact) mass is 358 g/mol. The van der Waals surface area contributed by atoms with Gasteiger partial charge < -0.3 is 19.5 Å². The molecule has 0 spiro atoms. The highest BCUT2D eigenvalue weighted by atomic mass is 16.5. The molecule has 138 valence electrons. The maximum Gasteiger partial charge on any atom is 0.242 e. The molecule has 3 N–H and O–H groups in total. The van der Waals surface area contributed by atoms with Gasteiger partial charge in [-0.1, -0.05) is 6.07 Å². The van der Waals surface area contributed by atoms with Crippen molar-refractivity contribution in [2.75, 3.05) is 26.6 Å². The van der Waals surface area contributed by atoms with E-state index in [4.69, 9.17) is 14.2 Å². The number of amides is 1. The molecule has 2 heterocycles. The summed E-state index contributed by atoms with van der Waals surface area (Å²) < 4.78 is 15.6. The van der Waals surface area contributed by atoms with Gasteiger partial charge in [0.1, 0.15) is 6.04 Å². The summed E-state index contributed by atoms with van der Waals surface area (Å²) in [4.78, 5) is 16.5. The molecule has 1 aliphatic heterocycles. The van der Waals surface area contributed by atoms with Crippen molar-refractivity contribution in [3.63, 3.8) is 0 Å². The summed E-state index contributed by atoms with van der Waals surface area (Å²) in [6.45, 7) is 0. The van der Waals surface area contributed by atoms with Gasteiger partial charge in [0, 0.05) is 12.1 Å². The third kappa shape index (κ3) is 3.87. The lowest BCUT2D eigenvalue weighted by Crippen LogP contribution is -2.39. The van der Waals surface area contributed by atoms with Crippen molar-refractivity contribution in [3.05, 3.63) is 42.1 Å². The number of ether oxygens (including phenoxy) is 3.